The van der Waals surface area contributed by atoms with Gasteiger partial charge >= 0.3 is 5.97 Å². The first-order valence-corrected chi connectivity index (χ1v) is 8.16. The molecule has 0 amide bonds. The molecule has 1 heterocycles. The predicted octanol–water partition coefficient (Wildman–Crippen LogP) is 4.28. The van der Waals surface area contributed by atoms with Crippen LogP contribution in [0.5, 0.6) is 0 Å². The number of aromatic nitrogens is 2. The van der Waals surface area contributed by atoms with E-state index in [0.29, 0.717) is 18.6 Å². The predicted molar refractivity (Wildman–Crippen MR) is 94.3 cm³/mol. The Morgan fingerprint density at radius 2 is 1.62 bits per heavy atom. The van der Waals surface area contributed by atoms with E-state index >= 15 is 0 Å². The molecule has 0 aliphatic rings. The molecule has 122 valence electrons. The van der Waals surface area contributed by atoms with E-state index in [9.17, 15) is 4.79 Å². The number of esters is 1. The molecular formula is C20H20N2O2. The van der Waals surface area contributed by atoms with Gasteiger partial charge in [0.15, 0.2) is 0 Å². The molecule has 24 heavy (non-hydrogen) atoms. The number of ether oxygens (including phenoxy) is 1. The SMILES string of the molecule is CCOC(=O)c1c(CC)nn(-c2ccccc2)c1-c1ccccc1. The maximum atomic E-state index is 12.6. The van der Waals surface area contributed by atoms with E-state index < -0.39 is 0 Å². The van der Waals surface area contributed by atoms with Crippen molar-refractivity contribution in [1.82, 2.24) is 9.78 Å². The third-order valence-electron chi connectivity index (χ3n) is 3.82. The maximum absolute atomic E-state index is 12.6. The lowest BCUT2D eigenvalue weighted by molar-refractivity contribution is 0.0526. The molecule has 2 aromatic carbocycles. The number of rotatable bonds is 5. The quantitative estimate of drug-likeness (QED) is 0.659. The van der Waals surface area contributed by atoms with Crippen LogP contribution in [0.15, 0.2) is 60.7 Å². The summed E-state index contributed by atoms with van der Waals surface area (Å²) in [4.78, 5) is 12.6. The molecule has 4 nitrogen and oxygen atoms in total. The van der Waals surface area contributed by atoms with Crippen LogP contribution in [-0.4, -0.2) is 22.4 Å². The molecule has 0 saturated heterocycles. The van der Waals surface area contributed by atoms with Crippen molar-refractivity contribution in [2.75, 3.05) is 6.61 Å². The average Bonchev–Trinajstić information content (AvgIpc) is 3.03. The van der Waals surface area contributed by atoms with Gasteiger partial charge in [0, 0.05) is 5.56 Å². The van der Waals surface area contributed by atoms with Crippen molar-refractivity contribution in [2.24, 2.45) is 0 Å². The molecule has 0 atom stereocenters. The lowest BCUT2D eigenvalue weighted by Crippen LogP contribution is -2.08. The zero-order valence-electron chi connectivity index (χ0n) is 13.9. The van der Waals surface area contributed by atoms with Crippen molar-refractivity contribution < 1.29 is 9.53 Å². The Labute approximate surface area is 141 Å². The van der Waals surface area contributed by atoms with Gasteiger partial charge in [-0.15, -0.1) is 0 Å². The Bertz CT molecular complexity index is 824. The molecule has 0 aliphatic carbocycles. The number of carbonyl (C=O) groups excluding carboxylic acids is 1. The van der Waals surface area contributed by atoms with Crippen LogP contribution >= 0.6 is 0 Å². The van der Waals surface area contributed by atoms with Gasteiger partial charge in [-0.25, -0.2) is 9.48 Å². The summed E-state index contributed by atoms with van der Waals surface area (Å²) in [5.41, 5.74) is 3.93. The normalized spacial score (nSPS) is 10.6. The fourth-order valence-corrected chi connectivity index (χ4v) is 2.75. The number of para-hydroxylation sites is 1. The van der Waals surface area contributed by atoms with Gasteiger partial charge in [-0.3, -0.25) is 0 Å². The number of hydrogen-bond acceptors (Lipinski definition) is 3. The van der Waals surface area contributed by atoms with Crippen LogP contribution in [0.25, 0.3) is 16.9 Å². The smallest absolute Gasteiger partial charge is 0.342 e. The summed E-state index contributed by atoms with van der Waals surface area (Å²) in [6, 6.07) is 19.7. The average molecular weight is 320 g/mol. The highest BCUT2D eigenvalue weighted by Gasteiger charge is 2.25. The van der Waals surface area contributed by atoms with Crippen molar-refractivity contribution in [3.05, 3.63) is 71.9 Å². The molecule has 1 aromatic heterocycles. The fourth-order valence-electron chi connectivity index (χ4n) is 2.75. The molecule has 0 fully saturated rings. The molecule has 0 radical (unpaired) electrons. The van der Waals surface area contributed by atoms with E-state index in [4.69, 9.17) is 9.84 Å². The number of nitrogens with zero attached hydrogens (tertiary/aromatic N) is 2. The van der Waals surface area contributed by atoms with Crippen LogP contribution in [-0.2, 0) is 11.2 Å². The fraction of sp³-hybridized carbons (Fsp3) is 0.200. The highest BCUT2D eigenvalue weighted by Crippen LogP contribution is 2.30. The first-order valence-electron chi connectivity index (χ1n) is 8.16. The molecule has 0 saturated carbocycles. The highest BCUT2D eigenvalue weighted by atomic mass is 16.5. The molecular weight excluding hydrogens is 300 g/mol. The van der Waals surface area contributed by atoms with Crippen LogP contribution in [0.2, 0.25) is 0 Å². The first kappa shape index (κ1) is 16.0. The van der Waals surface area contributed by atoms with E-state index in [1.165, 1.54) is 0 Å². The lowest BCUT2D eigenvalue weighted by Gasteiger charge is -2.10. The Kier molecular flexibility index (Phi) is 4.75. The van der Waals surface area contributed by atoms with E-state index in [1.807, 2.05) is 79.2 Å². The lowest BCUT2D eigenvalue weighted by atomic mass is 10.0. The maximum Gasteiger partial charge on any atom is 0.342 e. The van der Waals surface area contributed by atoms with E-state index in [1.54, 1.807) is 0 Å². The van der Waals surface area contributed by atoms with Crippen LogP contribution in [0.3, 0.4) is 0 Å². The molecule has 3 aromatic rings. The van der Waals surface area contributed by atoms with Gasteiger partial charge in [-0.1, -0.05) is 55.5 Å². The topological polar surface area (TPSA) is 44.1 Å². The second-order valence-electron chi connectivity index (χ2n) is 5.36. The van der Waals surface area contributed by atoms with Crippen molar-refractivity contribution in [3.8, 4) is 16.9 Å². The summed E-state index contributed by atoms with van der Waals surface area (Å²) < 4.78 is 7.12. The minimum Gasteiger partial charge on any atom is -0.462 e. The highest BCUT2D eigenvalue weighted by molar-refractivity contribution is 5.98. The van der Waals surface area contributed by atoms with Gasteiger partial charge in [0.2, 0.25) is 0 Å². The van der Waals surface area contributed by atoms with Gasteiger partial charge in [-0.05, 0) is 25.5 Å². The molecule has 0 aliphatic heterocycles. The van der Waals surface area contributed by atoms with E-state index in [2.05, 4.69) is 0 Å². The van der Waals surface area contributed by atoms with Gasteiger partial charge in [0.1, 0.15) is 5.56 Å². The summed E-state index contributed by atoms with van der Waals surface area (Å²) in [6.45, 7) is 4.15. The Balaban J connectivity index is 2.28. The number of benzene rings is 2. The number of carbonyl (C=O) groups is 1. The van der Waals surface area contributed by atoms with Gasteiger partial charge < -0.3 is 4.74 Å². The van der Waals surface area contributed by atoms with Crippen molar-refractivity contribution in [2.45, 2.75) is 20.3 Å². The monoisotopic (exact) mass is 320 g/mol. The third-order valence-corrected chi connectivity index (χ3v) is 3.82. The summed E-state index contributed by atoms with van der Waals surface area (Å²) in [5, 5.41) is 4.69. The zero-order valence-corrected chi connectivity index (χ0v) is 13.9. The Morgan fingerprint density at radius 3 is 2.21 bits per heavy atom. The molecule has 3 rings (SSSR count). The first-order chi connectivity index (χ1) is 11.8. The van der Waals surface area contributed by atoms with Crippen LogP contribution in [0, 0.1) is 0 Å². The minimum atomic E-state index is -0.324. The molecule has 0 unspecified atom stereocenters. The summed E-state index contributed by atoms with van der Waals surface area (Å²) in [6.07, 6.45) is 0.661. The van der Waals surface area contributed by atoms with E-state index in [0.717, 1.165) is 22.6 Å². The Morgan fingerprint density at radius 1 is 1.00 bits per heavy atom. The molecule has 0 N–H and O–H groups in total. The molecule has 4 heteroatoms. The van der Waals surface area contributed by atoms with Gasteiger partial charge in [-0.2, -0.15) is 5.10 Å². The minimum absolute atomic E-state index is 0.324. The standard InChI is InChI=1S/C20H20N2O2/c1-3-17-18(20(23)24-4-2)19(15-11-7-5-8-12-15)22(21-17)16-13-9-6-10-14-16/h5-14H,3-4H2,1-2H3. The summed E-state index contributed by atoms with van der Waals surface area (Å²) in [7, 11) is 0. The van der Waals surface area contributed by atoms with Crippen molar-refractivity contribution >= 4 is 5.97 Å². The summed E-state index contributed by atoms with van der Waals surface area (Å²) >= 11 is 0. The second-order valence-corrected chi connectivity index (χ2v) is 5.36. The summed E-state index contributed by atoms with van der Waals surface area (Å²) in [5.74, 6) is -0.324. The van der Waals surface area contributed by atoms with E-state index in [-0.39, 0.29) is 5.97 Å². The number of hydrogen-bond donors (Lipinski definition) is 0. The molecule has 0 bridgehead atoms. The van der Waals surface area contributed by atoms with Crippen LogP contribution in [0.1, 0.15) is 29.9 Å². The number of aryl methyl sites for hydroxylation is 1. The largest absolute Gasteiger partial charge is 0.462 e. The van der Waals surface area contributed by atoms with Crippen molar-refractivity contribution in [3.63, 3.8) is 0 Å². The Hall–Kier alpha value is -2.88. The van der Waals surface area contributed by atoms with Crippen LogP contribution < -0.4 is 0 Å². The third kappa shape index (κ3) is 2.95. The van der Waals surface area contributed by atoms with Crippen molar-refractivity contribution in [1.29, 1.82) is 0 Å². The second kappa shape index (κ2) is 7.13. The van der Waals surface area contributed by atoms with Crippen LogP contribution in [0.4, 0.5) is 0 Å². The van der Waals surface area contributed by atoms with Gasteiger partial charge in [0.25, 0.3) is 0 Å². The zero-order chi connectivity index (χ0) is 16.9. The molecule has 0 spiro atoms. The van der Waals surface area contributed by atoms with Gasteiger partial charge in [0.05, 0.1) is 23.7 Å².